The van der Waals surface area contributed by atoms with Gasteiger partial charge in [0.15, 0.2) is 17.5 Å². The number of hydrogen-bond acceptors (Lipinski definition) is 5. The standard InChI is InChI=1S/C24H32N4O3.HI/c1-25-24(27-18-10-11-22-23(16-18)31-15-7-14-30-22)26-17-20(28-12-5-6-13-28)19-8-3-4-9-21(19)29-2;/h3-4,8-11,16,20H,5-7,12-15,17H2,1-2H3,(H2,25,26,27);1H. The fraction of sp³-hybridized carbons (Fsp3) is 0.458. The Bertz CT molecular complexity index is 903. The van der Waals surface area contributed by atoms with Crippen molar-refractivity contribution in [1.29, 1.82) is 0 Å². The molecule has 174 valence electrons. The molecule has 0 amide bonds. The summed E-state index contributed by atoms with van der Waals surface area (Å²) in [6.45, 7) is 4.27. The highest BCUT2D eigenvalue weighted by atomic mass is 127. The summed E-state index contributed by atoms with van der Waals surface area (Å²) in [4.78, 5) is 6.94. The van der Waals surface area contributed by atoms with Crippen LogP contribution in [0.4, 0.5) is 5.69 Å². The molecule has 8 heteroatoms. The number of para-hydroxylation sites is 1. The Hall–Kier alpha value is -2.20. The van der Waals surface area contributed by atoms with E-state index in [1.54, 1.807) is 14.2 Å². The van der Waals surface area contributed by atoms with Gasteiger partial charge in [-0.2, -0.15) is 0 Å². The summed E-state index contributed by atoms with van der Waals surface area (Å²) in [6, 6.07) is 14.4. The maximum atomic E-state index is 5.81. The third kappa shape index (κ3) is 5.98. The molecule has 2 aromatic rings. The van der Waals surface area contributed by atoms with E-state index >= 15 is 0 Å². The number of methoxy groups -OCH3 is 1. The third-order valence-corrected chi connectivity index (χ3v) is 5.78. The van der Waals surface area contributed by atoms with Crippen LogP contribution in [0.2, 0.25) is 0 Å². The molecule has 7 nitrogen and oxygen atoms in total. The first-order chi connectivity index (χ1) is 15.3. The van der Waals surface area contributed by atoms with Crippen LogP contribution in [0.1, 0.15) is 30.9 Å². The van der Waals surface area contributed by atoms with Crippen LogP contribution in [0.15, 0.2) is 47.5 Å². The summed E-state index contributed by atoms with van der Waals surface area (Å²) in [7, 11) is 3.52. The van der Waals surface area contributed by atoms with Crippen LogP contribution in [0, 0.1) is 0 Å². The highest BCUT2D eigenvalue weighted by molar-refractivity contribution is 14.0. The van der Waals surface area contributed by atoms with Crippen LogP contribution in [0.25, 0.3) is 0 Å². The molecule has 0 radical (unpaired) electrons. The van der Waals surface area contributed by atoms with Gasteiger partial charge in [0.2, 0.25) is 0 Å². The molecular formula is C24H33IN4O3. The number of fused-ring (bicyclic) bond motifs is 1. The van der Waals surface area contributed by atoms with Gasteiger partial charge in [-0.05, 0) is 44.1 Å². The SMILES string of the molecule is CN=C(NCC(c1ccccc1OC)N1CCCC1)Nc1ccc2c(c1)OCCCO2.I. The molecular weight excluding hydrogens is 519 g/mol. The Morgan fingerprint density at radius 1 is 1.06 bits per heavy atom. The second-order valence-corrected chi connectivity index (χ2v) is 7.79. The van der Waals surface area contributed by atoms with Crippen LogP contribution >= 0.6 is 24.0 Å². The second kappa shape index (κ2) is 12.2. The van der Waals surface area contributed by atoms with Gasteiger partial charge in [-0.1, -0.05) is 18.2 Å². The van der Waals surface area contributed by atoms with Crippen molar-refractivity contribution in [2.24, 2.45) is 4.99 Å². The van der Waals surface area contributed by atoms with Crippen molar-refractivity contribution in [2.75, 3.05) is 52.3 Å². The lowest BCUT2D eigenvalue weighted by atomic mass is 10.0. The summed E-state index contributed by atoms with van der Waals surface area (Å²) in [5.74, 6) is 3.19. The van der Waals surface area contributed by atoms with E-state index in [1.165, 1.54) is 18.4 Å². The number of aliphatic imine (C=N–C) groups is 1. The van der Waals surface area contributed by atoms with Crippen LogP contribution in [0.3, 0.4) is 0 Å². The lowest BCUT2D eigenvalue weighted by Crippen LogP contribution is -2.39. The molecule has 2 aromatic carbocycles. The minimum Gasteiger partial charge on any atom is -0.496 e. The molecule has 0 spiro atoms. The zero-order chi connectivity index (χ0) is 21.5. The summed E-state index contributed by atoms with van der Waals surface area (Å²) in [6.07, 6.45) is 3.35. The molecule has 1 saturated heterocycles. The lowest BCUT2D eigenvalue weighted by molar-refractivity contribution is 0.240. The molecule has 0 bridgehead atoms. The predicted octanol–water partition coefficient (Wildman–Crippen LogP) is 4.30. The monoisotopic (exact) mass is 552 g/mol. The van der Waals surface area contributed by atoms with E-state index in [1.807, 2.05) is 30.3 Å². The van der Waals surface area contributed by atoms with Crippen molar-refractivity contribution < 1.29 is 14.2 Å². The molecule has 1 unspecified atom stereocenters. The molecule has 0 aliphatic carbocycles. The number of benzene rings is 2. The lowest BCUT2D eigenvalue weighted by Gasteiger charge is -2.30. The molecule has 2 N–H and O–H groups in total. The molecule has 2 aliphatic heterocycles. The van der Waals surface area contributed by atoms with Crippen LogP contribution in [-0.4, -0.2) is 57.9 Å². The number of nitrogens with zero attached hydrogens (tertiary/aromatic N) is 2. The van der Waals surface area contributed by atoms with Crippen molar-refractivity contribution >= 4 is 35.6 Å². The Kier molecular flexibility index (Phi) is 9.28. The number of rotatable bonds is 6. The first-order valence-corrected chi connectivity index (χ1v) is 11.0. The quantitative estimate of drug-likeness (QED) is 0.317. The number of halogens is 1. The molecule has 1 atom stereocenters. The maximum absolute atomic E-state index is 5.81. The first kappa shape index (κ1) is 24.4. The topological polar surface area (TPSA) is 67.4 Å². The average Bonchev–Trinajstić information content (AvgIpc) is 3.24. The van der Waals surface area contributed by atoms with Gasteiger partial charge in [-0.15, -0.1) is 24.0 Å². The fourth-order valence-corrected chi connectivity index (χ4v) is 4.18. The first-order valence-electron chi connectivity index (χ1n) is 11.0. The highest BCUT2D eigenvalue weighted by Gasteiger charge is 2.26. The molecule has 0 aromatic heterocycles. The summed E-state index contributed by atoms with van der Waals surface area (Å²) in [5.41, 5.74) is 2.11. The molecule has 1 fully saturated rings. The zero-order valence-electron chi connectivity index (χ0n) is 18.8. The second-order valence-electron chi connectivity index (χ2n) is 7.79. The van der Waals surface area contributed by atoms with Gasteiger partial charge in [-0.25, -0.2) is 0 Å². The molecule has 32 heavy (non-hydrogen) atoms. The van der Waals surface area contributed by atoms with E-state index in [9.17, 15) is 0 Å². The smallest absolute Gasteiger partial charge is 0.195 e. The summed E-state index contributed by atoms with van der Waals surface area (Å²) in [5, 5.41) is 6.89. The van der Waals surface area contributed by atoms with Crippen molar-refractivity contribution in [3.63, 3.8) is 0 Å². The molecule has 2 aliphatic rings. The predicted molar refractivity (Wildman–Crippen MR) is 139 cm³/mol. The minimum absolute atomic E-state index is 0. The highest BCUT2D eigenvalue weighted by Crippen LogP contribution is 2.33. The molecule has 2 heterocycles. The number of anilines is 1. The van der Waals surface area contributed by atoms with E-state index < -0.39 is 0 Å². The van der Waals surface area contributed by atoms with Gasteiger partial charge >= 0.3 is 0 Å². The van der Waals surface area contributed by atoms with Crippen molar-refractivity contribution in [2.45, 2.75) is 25.3 Å². The van der Waals surface area contributed by atoms with Crippen molar-refractivity contribution in [3.8, 4) is 17.2 Å². The van der Waals surface area contributed by atoms with E-state index in [4.69, 9.17) is 14.2 Å². The van der Waals surface area contributed by atoms with Crippen LogP contribution < -0.4 is 24.8 Å². The van der Waals surface area contributed by atoms with E-state index in [0.29, 0.717) is 19.2 Å². The van der Waals surface area contributed by atoms with E-state index in [-0.39, 0.29) is 30.0 Å². The van der Waals surface area contributed by atoms with Crippen molar-refractivity contribution in [1.82, 2.24) is 10.2 Å². The Morgan fingerprint density at radius 2 is 1.81 bits per heavy atom. The van der Waals surface area contributed by atoms with Crippen LogP contribution in [-0.2, 0) is 0 Å². The van der Waals surface area contributed by atoms with Gasteiger partial charge in [0.25, 0.3) is 0 Å². The zero-order valence-corrected chi connectivity index (χ0v) is 21.1. The van der Waals surface area contributed by atoms with Gasteiger partial charge in [0.1, 0.15) is 5.75 Å². The maximum Gasteiger partial charge on any atom is 0.195 e. The fourth-order valence-electron chi connectivity index (χ4n) is 4.18. The normalized spacial score (nSPS) is 17.1. The Morgan fingerprint density at radius 3 is 2.56 bits per heavy atom. The van der Waals surface area contributed by atoms with Crippen LogP contribution in [0.5, 0.6) is 17.2 Å². The van der Waals surface area contributed by atoms with E-state index in [0.717, 1.165) is 49.0 Å². The molecule has 4 rings (SSSR count). The third-order valence-electron chi connectivity index (χ3n) is 5.78. The van der Waals surface area contributed by atoms with Gasteiger partial charge in [-0.3, -0.25) is 9.89 Å². The number of hydrogen-bond donors (Lipinski definition) is 2. The van der Waals surface area contributed by atoms with Crippen molar-refractivity contribution in [3.05, 3.63) is 48.0 Å². The summed E-state index contributed by atoms with van der Waals surface area (Å²) < 4.78 is 17.2. The average molecular weight is 552 g/mol. The van der Waals surface area contributed by atoms with Gasteiger partial charge < -0.3 is 24.8 Å². The Balaban J connectivity index is 0.00000289. The number of guanidine groups is 1. The number of likely N-dealkylation sites (tertiary alicyclic amines) is 1. The summed E-state index contributed by atoms with van der Waals surface area (Å²) >= 11 is 0. The minimum atomic E-state index is 0. The van der Waals surface area contributed by atoms with Gasteiger partial charge in [0.05, 0.1) is 26.4 Å². The van der Waals surface area contributed by atoms with Gasteiger partial charge in [0, 0.05) is 37.3 Å². The molecule has 0 saturated carbocycles. The largest absolute Gasteiger partial charge is 0.496 e. The number of nitrogens with one attached hydrogen (secondary N) is 2. The Labute approximate surface area is 207 Å². The number of ether oxygens (including phenoxy) is 3. The van der Waals surface area contributed by atoms with E-state index in [2.05, 4.69) is 32.7 Å².